The highest BCUT2D eigenvalue weighted by Gasteiger charge is 2.33. The van der Waals surface area contributed by atoms with E-state index in [4.69, 9.17) is 11.6 Å². The summed E-state index contributed by atoms with van der Waals surface area (Å²) in [6, 6.07) is 7.31. The van der Waals surface area contributed by atoms with E-state index in [1.54, 1.807) is 0 Å². The van der Waals surface area contributed by atoms with Crippen molar-refractivity contribution in [3.63, 3.8) is 0 Å². The van der Waals surface area contributed by atoms with E-state index in [0.717, 1.165) is 33.5 Å². The fraction of sp³-hybridized carbons (Fsp3) is 0.333. The molecule has 4 rings (SSSR count). The largest absolute Gasteiger partial charge is 0.302 e. The zero-order chi connectivity index (χ0) is 22.3. The molecule has 10 heteroatoms. The minimum Gasteiger partial charge on any atom is -0.302 e. The lowest BCUT2D eigenvalue weighted by Gasteiger charge is -2.30. The molecule has 1 N–H and O–H groups in total. The molecule has 164 valence electrons. The number of carbonyl (C=O) groups excluding carboxylic acids is 1. The minimum absolute atomic E-state index is 0.126. The molecule has 0 aliphatic carbocycles. The van der Waals surface area contributed by atoms with Crippen molar-refractivity contribution in [1.29, 1.82) is 0 Å². The van der Waals surface area contributed by atoms with Gasteiger partial charge >= 0.3 is 0 Å². The molecule has 1 aromatic heterocycles. The van der Waals surface area contributed by atoms with Crippen LogP contribution in [-0.2, 0) is 14.8 Å². The Balaban J connectivity index is 1.42. The Morgan fingerprint density at radius 1 is 1.23 bits per heavy atom. The fourth-order valence-corrected chi connectivity index (χ4v) is 6.83. The smallest absolute Gasteiger partial charge is 0.244 e. The van der Waals surface area contributed by atoms with Crippen LogP contribution >= 0.6 is 22.9 Å². The molecule has 0 spiro atoms. The van der Waals surface area contributed by atoms with E-state index in [-0.39, 0.29) is 34.8 Å². The van der Waals surface area contributed by atoms with Crippen LogP contribution in [0.2, 0.25) is 5.02 Å². The molecule has 1 saturated heterocycles. The molecule has 31 heavy (non-hydrogen) atoms. The van der Waals surface area contributed by atoms with Gasteiger partial charge in [0.25, 0.3) is 0 Å². The monoisotopic (exact) mass is 481 g/mol. The number of halogens is 2. The number of hydrogen-bond donors (Lipinski definition) is 1. The maximum atomic E-state index is 13.3. The topological polar surface area (TPSA) is 79.4 Å². The van der Waals surface area contributed by atoms with E-state index in [0.29, 0.717) is 18.0 Å². The molecule has 2 aromatic carbocycles. The number of thiazole rings is 1. The molecule has 1 aliphatic heterocycles. The number of nitrogens with zero attached hydrogens (tertiary/aromatic N) is 2. The highest BCUT2D eigenvalue weighted by Crippen LogP contribution is 2.32. The third-order valence-electron chi connectivity index (χ3n) is 5.40. The highest BCUT2D eigenvalue weighted by atomic mass is 35.5. The lowest BCUT2D eigenvalue weighted by Crippen LogP contribution is -2.41. The molecular weight excluding hydrogens is 461 g/mol. The zero-order valence-electron chi connectivity index (χ0n) is 17.0. The second-order valence-corrected chi connectivity index (χ2v) is 11.0. The van der Waals surface area contributed by atoms with Gasteiger partial charge in [0.2, 0.25) is 15.9 Å². The van der Waals surface area contributed by atoms with Gasteiger partial charge in [0.15, 0.2) is 5.13 Å². The van der Waals surface area contributed by atoms with Crippen molar-refractivity contribution >= 4 is 54.2 Å². The van der Waals surface area contributed by atoms with Crippen molar-refractivity contribution in [2.45, 2.75) is 31.6 Å². The van der Waals surface area contributed by atoms with E-state index >= 15 is 0 Å². The third-order valence-corrected chi connectivity index (χ3v) is 8.70. The number of nitrogens with one attached hydrogen (secondary N) is 1. The van der Waals surface area contributed by atoms with E-state index in [9.17, 15) is 17.6 Å². The normalized spacial score (nSPS) is 16.0. The van der Waals surface area contributed by atoms with Crippen LogP contribution in [0.1, 0.15) is 24.0 Å². The molecule has 0 atom stereocenters. The number of amides is 1. The van der Waals surface area contributed by atoms with Crippen molar-refractivity contribution in [2.24, 2.45) is 5.92 Å². The van der Waals surface area contributed by atoms with Crippen molar-refractivity contribution in [3.05, 3.63) is 52.3 Å². The average molecular weight is 482 g/mol. The number of rotatable bonds is 4. The van der Waals surface area contributed by atoms with Gasteiger partial charge in [0.05, 0.1) is 15.2 Å². The van der Waals surface area contributed by atoms with Gasteiger partial charge in [-0.3, -0.25) is 4.79 Å². The first-order valence-electron chi connectivity index (χ1n) is 9.79. The van der Waals surface area contributed by atoms with Crippen molar-refractivity contribution in [1.82, 2.24) is 9.29 Å². The zero-order valence-corrected chi connectivity index (χ0v) is 19.4. The molecule has 0 bridgehead atoms. The van der Waals surface area contributed by atoms with Crippen LogP contribution in [0.25, 0.3) is 10.2 Å². The van der Waals surface area contributed by atoms with Crippen LogP contribution in [0.3, 0.4) is 0 Å². The number of hydrogen-bond acceptors (Lipinski definition) is 5. The summed E-state index contributed by atoms with van der Waals surface area (Å²) in [5, 5.41) is 3.28. The number of sulfonamides is 1. The van der Waals surface area contributed by atoms with Gasteiger partial charge in [-0.25, -0.2) is 17.8 Å². The summed E-state index contributed by atoms with van der Waals surface area (Å²) in [6.07, 6.45) is 0.764. The number of aromatic nitrogens is 1. The number of piperidine rings is 1. The lowest BCUT2D eigenvalue weighted by atomic mass is 9.97. The number of aryl methyl sites for hydroxylation is 2. The summed E-state index contributed by atoms with van der Waals surface area (Å²) < 4.78 is 41.3. The first kappa shape index (κ1) is 22.1. The van der Waals surface area contributed by atoms with Crippen LogP contribution in [0.15, 0.2) is 35.2 Å². The molecule has 0 radical (unpaired) electrons. The van der Waals surface area contributed by atoms with Crippen LogP contribution < -0.4 is 5.32 Å². The average Bonchev–Trinajstić information content (AvgIpc) is 3.10. The summed E-state index contributed by atoms with van der Waals surface area (Å²) in [5.41, 5.74) is 3.08. The molecule has 0 saturated carbocycles. The number of anilines is 1. The molecule has 6 nitrogen and oxygen atoms in total. The Bertz CT molecular complexity index is 1270. The van der Waals surface area contributed by atoms with Gasteiger partial charge in [-0.2, -0.15) is 4.31 Å². The summed E-state index contributed by atoms with van der Waals surface area (Å²) in [6.45, 7) is 4.38. The molecule has 1 amide bonds. The van der Waals surface area contributed by atoms with Crippen LogP contribution in [-0.4, -0.2) is 36.7 Å². The first-order chi connectivity index (χ1) is 14.6. The van der Waals surface area contributed by atoms with Crippen LogP contribution in [0.5, 0.6) is 0 Å². The summed E-state index contributed by atoms with van der Waals surface area (Å²) in [5.74, 6) is -1.07. The third kappa shape index (κ3) is 4.45. The van der Waals surface area contributed by atoms with E-state index < -0.39 is 15.8 Å². The predicted molar refractivity (Wildman–Crippen MR) is 121 cm³/mol. The lowest BCUT2D eigenvalue weighted by molar-refractivity contribution is -0.120. The van der Waals surface area contributed by atoms with Crippen molar-refractivity contribution < 1.29 is 17.6 Å². The molecule has 3 aromatic rings. The maximum absolute atomic E-state index is 13.3. The second kappa shape index (κ2) is 8.46. The second-order valence-electron chi connectivity index (χ2n) is 7.69. The van der Waals surface area contributed by atoms with Crippen LogP contribution in [0.4, 0.5) is 9.52 Å². The number of carbonyl (C=O) groups is 1. The highest BCUT2D eigenvalue weighted by molar-refractivity contribution is 7.89. The molecule has 1 aliphatic rings. The molecule has 2 heterocycles. The number of fused-ring (bicyclic) bond motifs is 1. The van der Waals surface area contributed by atoms with Gasteiger partial charge in [-0.1, -0.05) is 29.0 Å². The first-order valence-corrected chi connectivity index (χ1v) is 12.4. The van der Waals surface area contributed by atoms with Gasteiger partial charge in [0, 0.05) is 19.0 Å². The van der Waals surface area contributed by atoms with Crippen molar-refractivity contribution in [2.75, 3.05) is 18.4 Å². The Hall–Kier alpha value is -2.07. The Labute approximate surface area is 189 Å². The maximum Gasteiger partial charge on any atom is 0.244 e. The minimum atomic E-state index is -3.85. The summed E-state index contributed by atoms with van der Waals surface area (Å²) in [4.78, 5) is 17.1. The quantitative estimate of drug-likeness (QED) is 0.583. The SMILES string of the molecule is Cc1cc(C)c2nc(NC(=O)C3CCN(S(=O)(=O)c4ccc(F)cc4Cl)CC3)sc2c1. The molecule has 1 fully saturated rings. The van der Waals surface area contributed by atoms with Gasteiger partial charge in [-0.15, -0.1) is 0 Å². The Morgan fingerprint density at radius 3 is 2.61 bits per heavy atom. The van der Waals surface area contributed by atoms with E-state index in [1.807, 2.05) is 19.9 Å². The summed E-state index contributed by atoms with van der Waals surface area (Å²) >= 11 is 7.37. The Kier molecular flexibility index (Phi) is 6.04. The standard InChI is InChI=1S/C21H21ClFN3O3S2/c1-12-9-13(2)19-17(10-12)30-21(24-19)25-20(27)14-5-7-26(8-6-14)31(28,29)18-4-3-15(23)11-16(18)22/h3-4,9-11,14H,5-8H2,1-2H3,(H,24,25,27). The Morgan fingerprint density at radius 2 is 1.94 bits per heavy atom. The van der Waals surface area contributed by atoms with E-state index in [1.165, 1.54) is 21.7 Å². The van der Waals surface area contributed by atoms with Crippen LogP contribution in [0, 0.1) is 25.6 Å². The van der Waals surface area contributed by atoms with Gasteiger partial charge in [0.1, 0.15) is 10.7 Å². The summed E-state index contributed by atoms with van der Waals surface area (Å²) in [7, 11) is -3.85. The number of benzene rings is 2. The van der Waals surface area contributed by atoms with Gasteiger partial charge in [-0.05, 0) is 62.1 Å². The van der Waals surface area contributed by atoms with Crippen molar-refractivity contribution in [3.8, 4) is 0 Å². The fourth-order valence-electron chi connectivity index (χ4n) is 3.81. The molecule has 0 unspecified atom stereocenters. The molecular formula is C21H21ClFN3O3S2. The van der Waals surface area contributed by atoms with E-state index in [2.05, 4.69) is 16.4 Å². The predicted octanol–water partition coefficient (Wildman–Crippen LogP) is 4.75. The van der Waals surface area contributed by atoms with Gasteiger partial charge < -0.3 is 5.32 Å².